The number of ether oxygens (including phenoxy) is 4. The van der Waals surface area contributed by atoms with Crippen LogP contribution in [0.15, 0.2) is 11.6 Å². The number of esters is 2. The van der Waals surface area contributed by atoms with Gasteiger partial charge in [-0.1, -0.05) is 13.8 Å². The van der Waals surface area contributed by atoms with Crippen LogP contribution in [0.5, 0.6) is 0 Å². The maximum absolute atomic E-state index is 12.2. The quantitative estimate of drug-likeness (QED) is 0.555. The molecule has 0 saturated carbocycles. The lowest BCUT2D eigenvalue weighted by molar-refractivity contribution is -0.218. The molecule has 7 heteroatoms. The van der Waals surface area contributed by atoms with E-state index in [9.17, 15) is 14.4 Å². The minimum absolute atomic E-state index is 0.138. The summed E-state index contributed by atoms with van der Waals surface area (Å²) in [4.78, 5) is 35.9. The molecule has 144 valence electrons. The first-order valence-electron chi connectivity index (χ1n) is 9.05. The number of hydrogen-bond acceptors (Lipinski definition) is 7. The summed E-state index contributed by atoms with van der Waals surface area (Å²) in [5.74, 6) is -2.49. The largest absolute Gasteiger partial charge is 0.462 e. The lowest BCUT2D eigenvalue weighted by Crippen LogP contribution is -2.41. The number of carbonyl (C=O) groups is 3. The highest BCUT2D eigenvalue weighted by atomic mass is 16.7. The second-order valence-electron chi connectivity index (χ2n) is 7.91. The highest BCUT2D eigenvalue weighted by Crippen LogP contribution is 2.48. The van der Waals surface area contributed by atoms with Crippen molar-refractivity contribution in [3.05, 3.63) is 11.6 Å². The monoisotopic (exact) mass is 366 g/mol. The molecular formula is C19H26O7. The van der Waals surface area contributed by atoms with Crippen LogP contribution in [0.4, 0.5) is 0 Å². The van der Waals surface area contributed by atoms with E-state index in [-0.39, 0.29) is 30.2 Å². The van der Waals surface area contributed by atoms with Gasteiger partial charge in [0.25, 0.3) is 0 Å². The van der Waals surface area contributed by atoms with Crippen molar-refractivity contribution in [1.29, 1.82) is 0 Å². The molecule has 0 aromatic rings. The molecule has 2 fully saturated rings. The second-order valence-corrected chi connectivity index (χ2v) is 7.91. The molecule has 0 aliphatic carbocycles. The fraction of sp³-hybridized carbons (Fsp3) is 0.737. The average molecular weight is 366 g/mol. The molecule has 0 amide bonds. The molecule has 7 nitrogen and oxygen atoms in total. The number of methoxy groups -OCH3 is 1. The maximum atomic E-state index is 12.2. The van der Waals surface area contributed by atoms with Gasteiger partial charge in [0.05, 0.1) is 23.5 Å². The molecular weight excluding hydrogens is 340 g/mol. The Morgan fingerprint density at radius 1 is 1.38 bits per heavy atom. The van der Waals surface area contributed by atoms with Crippen LogP contribution in [-0.2, 0) is 33.3 Å². The molecule has 0 radical (unpaired) electrons. The van der Waals surface area contributed by atoms with Crippen molar-refractivity contribution in [2.45, 2.75) is 70.1 Å². The summed E-state index contributed by atoms with van der Waals surface area (Å²) in [7, 11) is 1.50. The molecule has 0 unspecified atom stereocenters. The molecule has 3 heterocycles. The second kappa shape index (κ2) is 6.78. The predicted molar refractivity (Wildman–Crippen MR) is 89.9 cm³/mol. The van der Waals surface area contributed by atoms with Gasteiger partial charge < -0.3 is 18.9 Å². The molecule has 3 aliphatic rings. The van der Waals surface area contributed by atoms with Crippen LogP contribution in [0.2, 0.25) is 0 Å². The molecule has 0 aromatic heterocycles. The number of hydrogen-bond donors (Lipinski definition) is 0. The number of fused-ring (bicyclic) bond motifs is 3. The minimum atomic E-state index is -1.16. The van der Waals surface area contributed by atoms with E-state index in [0.29, 0.717) is 31.1 Å². The summed E-state index contributed by atoms with van der Waals surface area (Å²) in [6, 6.07) is 0. The molecule has 2 saturated heterocycles. The normalized spacial score (nSPS) is 41.3. The van der Waals surface area contributed by atoms with Gasteiger partial charge >= 0.3 is 11.9 Å². The third kappa shape index (κ3) is 3.30. The van der Waals surface area contributed by atoms with Gasteiger partial charge in [-0.2, -0.15) is 0 Å². The van der Waals surface area contributed by atoms with Gasteiger partial charge in [-0.25, -0.2) is 0 Å². The smallest absolute Gasteiger partial charge is 0.308 e. The third-order valence-electron chi connectivity index (χ3n) is 5.58. The van der Waals surface area contributed by atoms with E-state index in [2.05, 4.69) is 0 Å². The van der Waals surface area contributed by atoms with E-state index in [1.165, 1.54) is 7.11 Å². The van der Waals surface area contributed by atoms with Gasteiger partial charge in [-0.3, -0.25) is 14.4 Å². The van der Waals surface area contributed by atoms with Crippen molar-refractivity contribution in [2.75, 3.05) is 7.11 Å². The van der Waals surface area contributed by atoms with Crippen LogP contribution in [0.25, 0.3) is 0 Å². The first kappa shape index (κ1) is 19.0. The Bertz CT molecular complexity index is 640. The highest BCUT2D eigenvalue weighted by molar-refractivity contribution is 5.78. The molecule has 0 spiro atoms. The summed E-state index contributed by atoms with van der Waals surface area (Å²) >= 11 is 0. The van der Waals surface area contributed by atoms with E-state index in [1.54, 1.807) is 19.9 Å². The van der Waals surface area contributed by atoms with E-state index in [0.717, 1.165) is 0 Å². The van der Waals surface area contributed by atoms with Crippen molar-refractivity contribution < 1.29 is 33.3 Å². The zero-order valence-corrected chi connectivity index (χ0v) is 15.7. The fourth-order valence-electron chi connectivity index (χ4n) is 4.06. The Balaban J connectivity index is 2.02. The Kier molecular flexibility index (Phi) is 4.96. The van der Waals surface area contributed by atoms with E-state index in [4.69, 9.17) is 18.9 Å². The fourth-order valence-corrected chi connectivity index (χ4v) is 4.06. The van der Waals surface area contributed by atoms with Crippen molar-refractivity contribution in [3.63, 3.8) is 0 Å². The molecule has 2 bridgehead atoms. The summed E-state index contributed by atoms with van der Waals surface area (Å²) in [5.41, 5.74) is -0.329. The first-order valence-corrected chi connectivity index (χ1v) is 9.05. The van der Waals surface area contributed by atoms with Crippen molar-refractivity contribution >= 4 is 18.2 Å². The number of rotatable bonds is 4. The van der Waals surface area contributed by atoms with Crippen molar-refractivity contribution in [2.24, 2.45) is 11.8 Å². The van der Waals surface area contributed by atoms with E-state index >= 15 is 0 Å². The van der Waals surface area contributed by atoms with Crippen molar-refractivity contribution in [1.82, 2.24) is 0 Å². The first-order chi connectivity index (χ1) is 12.2. The van der Waals surface area contributed by atoms with Gasteiger partial charge in [0.2, 0.25) is 0 Å². The standard InChI is InChI=1S/C19H26O7/c1-11(2)17(22)25-15-9-18(3)5-6-19(23-4,26-18)12(10-20)7-14-13(15)8-16(21)24-14/h7,10-11,13-15H,5-6,8-9H2,1-4H3/b12-7-/t13-,14+,15+,18-,19+/m0/s1. The number of aldehydes is 1. The van der Waals surface area contributed by atoms with Gasteiger partial charge in [0, 0.05) is 25.9 Å². The van der Waals surface area contributed by atoms with E-state index < -0.39 is 23.6 Å². The Morgan fingerprint density at radius 3 is 2.73 bits per heavy atom. The van der Waals surface area contributed by atoms with Crippen LogP contribution >= 0.6 is 0 Å². The zero-order valence-electron chi connectivity index (χ0n) is 15.7. The molecule has 3 aliphatic heterocycles. The Hall–Kier alpha value is -1.73. The molecule has 5 atom stereocenters. The summed E-state index contributed by atoms with van der Waals surface area (Å²) in [6.45, 7) is 5.45. The van der Waals surface area contributed by atoms with E-state index in [1.807, 2.05) is 6.92 Å². The third-order valence-corrected chi connectivity index (χ3v) is 5.58. The molecule has 3 rings (SSSR count). The maximum Gasteiger partial charge on any atom is 0.308 e. The summed E-state index contributed by atoms with van der Waals surface area (Å²) in [5, 5.41) is 0. The van der Waals surface area contributed by atoms with Crippen LogP contribution in [-0.4, -0.2) is 48.9 Å². The van der Waals surface area contributed by atoms with Gasteiger partial charge in [-0.15, -0.1) is 0 Å². The van der Waals surface area contributed by atoms with Crippen LogP contribution in [0.1, 0.15) is 46.5 Å². The van der Waals surface area contributed by atoms with Gasteiger partial charge in [0.1, 0.15) is 12.2 Å². The van der Waals surface area contributed by atoms with Crippen molar-refractivity contribution in [3.8, 4) is 0 Å². The van der Waals surface area contributed by atoms with Crippen LogP contribution < -0.4 is 0 Å². The van der Waals surface area contributed by atoms with Crippen LogP contribution in [0.3, 0.4) is 0 Å². The minimum Gasteiger partial charge on any atom is -0.462 e. The van der Waals surface area contributed by atoms with Gasteiger partial charge in [0.15, 0.2) is 12.1 Å². The van der Waals surface area contributed by atoms with Crippen LogP contribution in [0, 0.1) is 11.8 Å². The lowest BCUT2D eigenvalue weighted by atomic mass is 9.83. The molecule has 0 aromatic carbocycles. The van der Waals surface area contributed by atoms with Gasteiger partial charge in [-0.05, 0) is 19.4 Å². The number of carbonyl (C=O) groups excluding carboxylic acids is 3. The predicted octanol–water partition coefficient (Wildman–Crippen LogP) is 1.93. The molecule has 26 heavy (non-hydrogen) atoms. The summed E-state index contributed by atoms with van der Waals surface area (Å²) < 4.78 is 23.0. The molecule has 0 N–H and O–H groups in total. The zero-order chi connectivity index (χ0) is 19.1. The summed E-state index contributed by atoms with van der Waals surface area (Å²) in [6.07, 6.45) is 2.80. The average Bonchev–Trinajstić information content (AvgIpc) is 3.12. The Labute approximate surface area is 153 Å². The topological polar surface area (TPSA) is 88.1 Å². The highest BCUT2D eigenvalue weighted by Gasteiger charge is 2.55. The SMILES string of the molecule is CO[C@@]12CC[C@@](C)(C[C@@H](OC(=O)C(C)C)[C@H]3CC(=O)O[C@@H]3/C=C\1C=O)O2. The lowest BCUT2D eigenvalue weighted by Gasteiger charge is -2.34. The Morgan fingerprint density at radius 2 is 2.12 bits per heavy atom.